The fourth-order valence-corrected chi connectivity index (χ4v) is 2.43. The summed E-state index contributed by atoms with van der Waals surface area (Å²) in [4.78, 5) is 0. The Labute approximate surface area is 183 Å². The first kappa shape index (κ1) is 33.3. The lowest BCUT2D eigenvalue weighted by atomic mass is 9.79. The number of halogens is 24. The number of ether oxygens (including phenoxy) is 1. The SMILES string of the molecule is FC(F)(F)C(F)(F)C(F)(F)C(F)(C(F)(F)F)C(F)(F)C(F)(F)C(F)(F)C(F)(F)C1(F)OC1(F)C(F)(F)F. The zero-order valence-corrected chi connectivity index (χ0v) is 15.5. The molecule has 1 heterocycles. The van der Waals surface area contributed by atoms with E-state index >= 15 is 0 Å². The number of epoxide rings is 1. The Balaban J connectivity index is 3.99. The maximum Gasteiger partial charge on any atom is 0.460 e. The molecule has 1 rings (SSSR count). The Morgan fingerprint density at radius 3 is 0.919 bits per heavy atom. The molecule has 1 saturated heterocycles. The molecular formula is C12F24O. The lowest BCUT2D eigenvalue weighted by Crippen LogP contribution is -2.80. The highest BCUT2D eigenvalue weighted by Crippen LogP contribution is 2.73. The van der Waals surface area contributed by atoms with Crippen molar-refractivity contribution in [3.63, 3.8) is 0 Å². The van der Waals surface area contributed by atoms with E-state index in [4.69, 9.17) is 0 Å². The second kappa shape index (κ2) is 7.47. The van der Waals surface area contributed by atoms with Gasteiger partial charge in [0, 0.05) is 0 Å². The Morgan fingerprint density at radius 2 is 0.676 bits per heavy atom. The van der Waals surface area contributed by atoms with E-state index in [1.54, 1.807) is 0 Å². The van der Waals surface area contributed by atoms with Gasteiger partial charge in [0.2, 0.25) is 0 Å². The second-order valence-corrected chi connectivity index (χ2v) is 6.89. The van der Waals surface area contributed by atoms with Crippen LogP contribution < -0.4 is 0 Å². The molecule has 25 heteroatoms. The Bertz CT molecular complexity index is 891. The van der Waals surface area contributed by atoms with Gasteiger partial charge in [-0.05, 0) is 0 Å². The lowest BCUT2D eigenvalue weighted by molar-refractivity contribution is -0.478. The van der Waals surface area contributed by atoms with Gasteiger partial charge in [0.1, 0.15) is 0 Å². The molecule has 1 fully saturated rings. The van der Waals surface area contributed by atoms with Crippen molar-refractivity contribution < 1.29 is 110 Å². The van der Waals surface area contributed by atoms with Crippen molar-refractivity contribution in [3.8, 4) is 0 Å². The summed E-state index contributed by atoms with van der Waals surface area (Å²) in [7, 11) is 0. The van der Waals surface area contributed by atoms with E-state index in [-0.39, 0.29) is 0 Å². The van der Waals surface area contributed by atoms with Gasteiger partial charge in [0.05, 0.1) is 0 Å². The summed E-state index contributed by atoms with van der Waals surface area (Å²) in [5.74, 6) is -69.3. The molecule has 0 aromatic heterocycles. The van der Waals surface area contributed by atoms with Gasteiger partial charge in [0.15, 0.2) is 0 Å². The second-order valence-electron chi connectivity index (χ2n) is 6.89. The van der Waals surface area contributed by atoms with Gasteiger partial charge in [-0.1, -0.05) is 0 Å². The van der Waals surface area contributed by atoms with E-state index in [1.165, 1.54) is 0 Å². The van der Waals surface area contributed by atoms with Crippen LogP contribution in [-0.4, -0.2) is 71.4 Å². The molecule has 0 bridgehead atoms. The van der Waals surface area contributed by atoms with Crippen molar-refractivity contribution >= 4 is 0 Å². The predicted molar refractivity (Wildman–Crippen MR) is 60.4 cm³/mol. The first-order chi connectivity index (χ1) is 15.5. The molecule has 0 aliphatic carbocycles. The van der Waals surface area contributed by atoms with Gasteiger partial charge >= 0.3 is 71.4 Å². The van der Waals surface area contributed by atoms with E-state index in [0.29, 0.717) is 0 Å². The zero-order chi connectivity index (χ0) is 30.7. The summed E-state index contributed by atoms with van der Waals surface area (Å²) in [6.07, 6.45) is -24.6. The van der Waals surface area contributed by atoms with E-state index in [1.807, 2.05) is 4.74 Å². The molecule has 0 aromatic carbocycles. The molecule has 0 aromatic rings. The number of hydrogen-bond donors (Lipinski definition) is 0. The minimum Gasteiger partial charge on any atom is -0.286 e. The zero-order valence-electron chi connectivity index (χ0n) is 15.5. The van der Waals surface area contributed by atoms with Crippen LogP contribution in [0.3, 0.4) is 0 Å². The topological polar surface area (TPSA) is 12.5 Å². The fraction of sp³-hybridized carbons (Fsp3) is 1.00. The fourth-order valence-electron chi connectivity index (χ4n) is 2.43. The monoisotopic (exact) mass is 616 g/mol. The van der Waals surface area contributed by atoms with Crippen LogP contribution in [0.1, 0.15) is 0 Å². The molecule has 222 valence electrons. The Kier molecular flexibility index (Phi) is 6.73. The van der Waals surface area contributed by atoms with Gasteiger partial charge in [-0.2, -0.15) is 101 Å². The maximum atomic E-state index is 13.9. The Hall–Kier alpha value is -1.72. The van der Waals surface area contributed by atoms with Crippen LogP contribution in [0.4, 0.5) is 105 Å². The molecule has 37 heavy (non-hydrogen) atoms. The highest BCUT2D eigenvalue weighted by molar-refractivity contribution is 5.25. The van der Waals surface area contributed by atoms with Gasteiger partial charge in [-0.15, -0.1) is 0 Å². The van der Waals surface area contributed by atoms with Gasteiger partial charge < -0.3 is 0 Å². The number of alkyl halides is 24. The highest BCUT2D eigenvalue weighted by Gasteiger charge is 3.05. The molecule has 1 aliphatic rings. The Morgan fingerprint density at radius 1 is 0.351 bits per heavy atom. The van der Waals surface area contributed by atoms with Crippen LogP contribution in [0.15, 0.2) is 0 Å². The van der Waals surface area contributed by atoms with Crippen LogP contribution in [-0.2, 0) is 4.74 Å². The molecule has 0 spiro atoms. The first-order valence-corrected chi connectivity index (χ1v) is 7.69. The van der Waals surface area contributed by atoms with Crippen LogP contribution in [0.25, 0.3) is 0 Å². The first-order valence-electron chi connectivity index (χ1n) is 7.69. The molecule has 0 amide bonds. The quantitative estimate of drug-likeness (QED) is 0.213. The average molecular weight is 616 g/mol. The molecule has 0 saturated carbocycles. The average Bonchev–Trinajstić information content (AvgIpc) is 3.23. The minimum absolute atomic E-state index is 1.84. The summed E-state index contributed by atoms with van der Waals surface area (Å²) in [6, 6.07) is 0. The van der Waals surface area contributed by atoms with Crippen molar-refractivity contribution in [2.24, 2.45) is 0 Å². The summed E-state index contributed by atoms with van der Waals surface area (Å²) in [5, 5.41) is 0. The molecule has 0 N–H and O–H groups in total. The molecule has 3 atom stereocenters. The number of rotatable bonds is 7. The molecular weight excluding hydrogens is 616 g/mol. The van der Waals surface area contributed by atoms with Crippen LogP contribution >= 0.6 is 0 Å². The van der Waals surface area contributed by atoms with E-state index < -0.39 is 71.4 Å². The smallest absolute Gasteiger partial charge is 0.286 e. The largest absolute Gasteiger partial charge is 0.460 e. The maximum absolute atomic E-state index is 13.9. The van der Waals surface area contributed by atoms with Crippen molar-refractivity contribution in [3.05, 3.63) is 0 Å². The molecule has 3 unspecified atom stereocenters. The van der Waals surface area contributed by atoms with E-state index in [0.717, 1.165) is 0 Å². The summed E-state index contributed by atoms with van der Waals surface area (Å²) in [6.45, 7) is 0. The normalized spacial score (nSPS) is 27.2. The molecule has 1 nitrogen and oxygen atoms in total. The number of hydrogen-bond acceptors (Lipinski definition) is 1. The molecule has 1 aliphatic heterocycles. The van der Waals surface area contributed by atoms with Crippen molar-refractivity contribution in [2.45, 2.75) is 71.4 Å². The van der Waals surface area contributed by atoms with Crippen LogP contribution in [0.5, 0.6) is 0 Å². The van der Waals surface area contributed by atoms with Crippen molar-refractivity contribution in [1.29, 1.82) is 0 Å². The van der Waals surface area contributed by atoms with Gasteiger partial charge in [-0.3, -0.25) is 4.74 Å². The van der Waals surface area contributed by atoms with E-state index in [2.05, 4.69) is 0 Å². The highest BCUT2D eigenvalue weighted by atomic mass is 19.4. The summed E-state index contributed by atoms with van der Waals surface area (Å²) in [5.41, 5.74) is -9.64. The minimum atomic E-state index is -9.67. The third kappa shape index (κ3) is 3.48. The van der Waals surface area contributed by atoms with Crippen molar-refractivity contribution in [2.75, 3.05) is 0 Å². The standard InChI is InChI=1S/C12F24O/c13-1(10(28,29)30,3(16,17)7(24,25)11(31,32)33)2(14,15)4(18,19)5(20,21)6(22,23)8(26)9(27,37-8)12(34,35)36. The lowest BCUT2D eigenvalue weighted by Gasteiger charge is -2.46. The van der Waals surface area contributed by atoms with Crippen molar-refractivity contribution in [1.82, 2.24) is 0 Å². The summed E-state index contributed by atoms with van der Waals surface area (Å²) >= 11 is 0. The van der Waals surface area contributed by atoms with Crippen LogP contribution in [0.2, 0.25) is 0 Å². The molecule has 0 radical (unpaired) electrons. The van der Waals surface area contributed by atoms with Gasteiger partial charge in [0.25, 0.3) is 0 Å². The van der Waals surface area contributed by atoms with E-state index in [9.17, 15) is 105 Å². The summed E-state index contributed by atoms with van der Waals surface area (Å²) < 4.78 is 314. The predicted octanol–water partition coefficient (Wildman–Crippen LogP) is 7.56. The van der Waals surface area contributed by atoms with Crippen LogP contribution in [0, 0.1) is 0 Å². The third-order valence-electron chi connectivity index (χ3n) is 4.61. The third-order valence-corrected chi connectivity index (χ3v) is 4.61. The van der Waals surface area contributed by atoms with Gasteiger partial charge in [-0.25, -0.2) is 4.39 Å².